The summed E-state index contributed by atoms with van der Waals surface area (Å²) in [6.45, 7) is 0. The molecule has 2 heteroatoms. The predicted octanol–water partition coefficient (Wildman–Crippen LogP) is 18.4. The molecule has 68 heavy (non-hydrogen) atoms. The lowest BCUT2D eigenvalue weighted by Gasteiger charge is -2.35. The third-order valence-electron chi connectivity index (χ3n) is 14.3. The summed E-state index contributed by atoms with van der Waals surface area (Å²) in [5.41, 5.74) is 18.8. The van der Waals surface area contributed by atoms with Crippen LogP contribution in [0.3, 0.4) is 0 Å². The number of rotatable bonds is 5. The molecule has 2 nitrogen and oxygen atoms in total. The van der Waals surface area contributed by atoms with Gasteiger partial charge in [0.05, 0.1) is 33.8 Å². The molecule has 0 unspecified atom stereocenters. The predicted molar refractivity (Wildman–Crippen MR) is 289 cm³/mol. The summed E-state index contributed by atoms with van der Waals surface area (Å²) in [7, 11) is 0. The minimum Gasteiger partial charge on any atom is -0.309 e. The van der Waals surface area contributed by atoms with E-state index in [1.807, 2.05) is 0 Å². The van der Waals surface area contributed by atoms with Crippen LogP contribution in [0.15, 0.2) is 255 Å². The first-order valence-electron chi connectivity index (χ1n) is 23.5. The van der Waals surface area contributed by atoms with Crippen molar-refractivity contribution in [2.45, 2.75) is 0 Å². The fourth-order valence-corrected chi connectivity index (χ4v) is 11.4. The summed E-state index contributed by atoms with van der Waals surface area (Å²) in [6, 6.07) is 94.3. The van der Waals surface area contributed by atoms with Crippen LogP contribution in [0.25, 0.3) is 115 Å². The van der Waals surface area contributed by atoms with Crippen molar-refractivity contribution in [2.24, 2.45) is 0 Å². The van der Waals surface area contributed by atoms with Gasteiger partial charge in [-0.1, -0.05) is 206 Å². The van der Waals surface area contributed by atoms with E-state index >= 15 is 0 Å². The number of para-hydroxylation sites is 4. The normalized spacial score (nSPS) is 12.1. The molecule has 316 valence electrons. The smallest absolute Gasteiger partial charge is 0.0547 e. The Balaban J connectivity index is 1.11. The van der Waals surface area contributed by atoms with Crippen molar-refractivity contribution < 1.29 is 0 Å². The molecular weight excluding hydrogens is 821 g/mol. The second-order valence-corrected chi connectivity index (χ2v) is 17.9. The Kier molecular flexibility index (Phi) is 8.62. The molecular formula is C66H42N2. The first-order chi connectivity index (χ1) is 33.8. The lowest BCUT2D eigenvalue weighted by Crippen LogP contribution is -2.15. The second-order valence-electron chi connectivity index (χ2n) is 17.9. The summed E-state index contributed by atoms with van der Waals surface area (Å²) in [5.74, 6) is 0. The molecule has 1 aromatic heterocycles. The highest BCUT2D eigenvalue weighted by Crippen LogP contribution is 2.56. The van der Waals surface area contributed by atoms with Crippen LogP contribution in [0.4, 0.5) is 17.1 Å². The number of aromatic nitrogens is 1. The zero-order valence-electron chi connectivity index (χ0n) is 37.1. The molecule has 0 spiro atoms. The average molecular weight is 863 g/mol. The van der Waals surface area contributed by atoms with Gasteiger partial charge in [0.1, 0.15) is 0 Å². The number of benzene rings is 12. The molecule has 0 aliphatic carbocycles. The Labute approximate surface area is 394 Å². The van der Waals surface area contributed by atoms with Crippen LogP contribution in [0, 0.1) is 0 Å². The Bertz CT molecular complexity index is 4100. The zero-order chi connectivity index (χ0) is 44.7. The van der Waals surface area contributed by atoms with E-state index in [9.17, 15) is 0 Å². The highest BCUT2D eigenvalue weighted by Gasteiger charge is 2.30. The number of hydrogen-bond acceptors (Lipinski definition) is 1. The van der Waals surface area contributed by atoms with Crippen molar-refractivity contribution in [3.63, 3.8) is 0 Å². The van der Waals surface area contributed by atoms with Crippen LogP contribution in [-0.4, -0.2) is 4.57 Å². The lowest BCUT2D eigenvalue weighted by atomic mass is 9.82. The standard InChI is InChI=1S/C66H42N2/c1-2-20-44(21-3-1)65-57(55-30-12-16-35-61(55)67-59-33-14-10-28-53(59)54-29-11-15-34-60(54)67)38-40-64-66(65)46-41-45-22-5-7-25-48(45)58(42-46)56-31-13-17-36-62(56)68(64)63-39-37-51(50-26-8-9-27-52(50)63)49-32-18-23-43-19-4-6-24-47(43)49/h1-42H. The molecule has 0 saturated carbocycles. The monoisotopic (exact) mass is 862 g/mol. The Morgan fingerprint density at radius 2 is 0.721 bits per heavy atom. The van der Waals surface area contributed by atoms with E-state index in [0.717, 1.165) is 28.3 Å². The van der Waals surface area contributed by atoms with Crippen LogP contribution >= 0.6 is 0 Å². The molecule has 0 atom stereocenters. The van der Waals surface area contributed by atoms with Gasteiger partial charge in [-0.15, -0.1) is 0 Å². The minimum atomic E-state index is 1.12. The summed E-state index contributed by atoms with van der Waals surface area (Å²) in [4.78, 5) is 2.56. The van der Waals surface area contributed by atoms with Crippen LogP contribution in [0.2, 0.25) is 0 Å². The van der Waals surface area contributed by atoms with Crippen molar-refractivity contribution in [1.82, 2.24) is 4.57 Å². The Hall–Kier alpha value is -8.98. The van der Waals surface area contributed by atoms with E-state index in [1.54, 1.807) is 0 Å². The summed E-state index contributed by atoms with van der Waals surface area (Å²) in [5, 5.41) is 9.84. The molecule has 14 rings (SSSR count). The topological polar surface area (TPSA) is 8.17 Å². The number of hydrogen-bond donors (Lipinski definition) is 0. The highest BCUT2D eigenvalue weighted by atomic mass is 15.2. The third kappa shape index (κ3) is 5.78. The molecule has 2 heterocycles. The quantitative estimate of drug-likeness (QED) is 0.167. The van der Waals surface area contributed by atoms with Gasteiger partial charge in [-0.25, -0.2) is 0 Å². The highest BCUT2D eigenvalue weighted by molar-refractivity contribution is 6.16. The third-order valence-corrected chi connectivity index (χ3v) is 14.3. The lowest BCUT2D eigenvalue weighted by molar-refractivity contribution is 1.18. The van der Waals surface area contributed by atoms with Gasteiger partial charge < -0.3 is 9.47 Å². The fraction of sp³-hybridized carbons (Fsp3) is 0. The molecule has 1 aliphatic rings. The maximum atomic E-state index is 2.56. The van der Waals surface area contributed by atoms with Crippen molar-refractivity contribution in [1.29, 1.82) is 0 Å². The van der Waals surface area contributed by atoms with Crippen molar-refractivity contribution in [3.05, 3.63) is 255 Å². The van der Waals surface area contributed by atoms with Crippen molar-refractivity contribution >= 4 is 71.2 Å². The maximum Gasteiger partial charge on any atom is 0.0547 e. The van der Waals surface area contributed by atoms with Gasteiger partial charge in [0, 0.05) is 32.8 Å². The van der Waals surface area contributed by atoms with Gasteiger partial charge >= 0.3 is 0 Å². The van der Waals surface area contributed by atoms with E-state index in [-0.39, 0.29) is 0 Å². The van der Waals surface area contributed by atoms with Crippen LogP contribution in [0.1, 0.15) is 0 Å². The molecule has 0 radical (unpaired) electrons. The minimum absolute atomic E-state index is 1.12. The average Bonchev–Trinajstić information content (AvgIpc) is 3.74. The van der Waals surface area contributed by atoms with Gasteiger partial charge in [0.2, 0.25) is 0 Å². The molecule has 0 saturated heterocycles. The molecule has 12 aromatic carbocycles. The molecule has 0 N–H and O–H groups in total. The second kappa shape index (κ2) is 15.3. The van der Waals surface area contributed by atoms with Gasteiger partial charge in [-0.3, -0.25) is 0 Å². The Morgan fingerprint density at radius 1 is 0.221 bits per heavy atom. The zero-order valence-corrected chi connectivity index (χ0v) is 37.1. The van der Waals surface area contributed by atoms with E-state index < -0.39 is 0 Å². The SMILES string of the molecule is c1ccc(-c2c(-c3ccccc3-n3c4ccccc4c4ccccc43)ccc3c2-c2cc(c4ccccc4c2)-c2ccccc2N3c2ccc(-c3cccc4ccccc34)c3ccccc23)cc1. The Morgan fingerprint density at radius 3 is 1.47 bits per heavy atom. The summed E-state index contributed by atoms with van der Waals surface area (Å²) >= 11 is 0. The largest absolute Gasteiger partial charge is 0.309 e. The van der Waals surface area contributed by atoms with E-state index in [4.69, 9.17) is 0 Å². The maximum absolute atomic E-state index is 2.56. The van der Waals surface area contributed by atoms with E-state index in [0.29, 0.717) is 0 Å². The fourth-order valence-electron chi connectivity index (χ4n) is 11.4. The van der Waals surface area contributed by atoms with Gasteiger partial charge in [-0.05, 0) is 114 Å². The molecule has 13 aromatic rings. The van der Waals surface area contributed by atoms with Crippen molar-refractivity contribution in [2.75, 3.05) is 4.90 Å². The first-order valence-corrected chi connectivity index (χ1v) is 23.5. The number of fused-ring (bicyclic) bond motifs is 13. The number of nitrogens with zero attached hydrogens (tertiary/aromatic N) is 2. The van der Waals surface area contributed by atoms with Crippen molar-refractivity contribution in [3.8, 4) is 61.3 Å². The molecule has 2 bridgehead atoms. The van der Waals surface area contributed by atoms with Gasteiger partial charge in [-0.2, -0.15) is 0 Å². The van der Waals surface area contributed by atoms with Crippen LogP contribution < -0.4 is 4.90 Å². The first kappa shape index (κ1) is 38.3. The van der Waals surface area contributed by atoms with Crippen LogP contribution in [-0.2, 0) is 0 Å². The van der Waals surface area contributed by atoms with Crippen LogP contribution in [0.5, 0.6) is 0 Å². The number of anilines is 3. The summed E-state index contributed by atoms with van der Waals surface area (Å²) in [6.07, 6.45) is 0. The van der Waals surface area contributed by atoms with E-state index in [1.165, 1.54) is 104 Å². The molecule has 1 aliphatic heterocycles. The van der Waals surface area contributed by atoms with Gasteiger partial charge in [0.25, 0.3) is 0 Å². The molecule has 0 amide bonds. The van der Waals surface area contributed by atoms with Gasteiger partial charge in [0.15, 0.2) is 0 Å². The van der Waals surface area contributed by atoms with E-state index in [2.05, 4.69) is 264 Å². The molecule has 0 fully saturated rings. The summed E-state index contributed by atoms with van der Waals surface area (Å²) < 4.78 is 2.46.